The molecule has 102 valence electrons. The Hall–Kier alpha value is -0.960. The van der Waals surface area contributed by atoms with Crippen LogP contribution in [0.4, 0.5) is 0 Å². The number of carbonyl (C=O) groups excluding carboxylic acids is 1. The minimum atomic E-state index is -0.00865. The van der Waals surface area contributed by atoms with E-state index in [1.165, 1.54) is 4.90 Å². The van der Waals surface area contributed by atoms with Gasteiger partial charge in [0.1, 0.15) is 5.78 Å². The Labute approximate surface area is 132 Å². The fraction of sp³-hybridized carbons (Fsp3) is 0.188. The van der Waals surface area contributed by atoms with Gasteiger partial charge in [-0.25, -0.2) is 0 Å². The number of thioether (sulfide) groups is 1. The van der Waals surface area contributed by atoms with E-state index in [0.29, 0.717) is 16.5 Å². The molecule has 1 aliphatic heterocycles. The molecule has 2 aromatic rings. The highest BCUT2D eigenvalue weighted by Crippen LogP contribution is 2.40. The molecule has 0 amide bonds. The van der Waals surface area contributed by atoms with Gasteiger partial charge < -0.3 is 0 Å². The van der Waals surface area contributed by atoms with Crippen molar-refractivity contribution in [2.45, 2.75) is 17.2 Å². The zero-order chi connectivity index (χ0) is 14.1. The molecule has 0 aromatic heterocycles. The van der Waals surface area contributed by atoms with Gasteiger partial charge in [0.05, 0.1) is 16.0 Å². The Balaban J connectivity index is 1.79. The lowest BCUT2D eigenvalue weighted by atomic mass is 9.93. The van der Waals surface area contributed by atoms with Crippen LogP contribution in [0.3, 0.4) is 0 Å². The fourth-order valence-electron chi connectivity index (χ4n) is 2.40. The van der Waals surface area contributed by atoms with Crippen LogP contribution in [0.15, 0.2) is 47.4 Å². The maximum absolute atomic E-state index is 12.5. The van der Waals surface area contributed by atoms with Gasteiger partial charge in [0.25, 0.3) is 0 Å². The molecule has 1 heterocycles. The molecule has 0 fully saturated rings. The molecule has 1 atom stereocenters. The number of fused-ring (bicyclic) bond motifs is 1. The molecule has 0 N–H and O–H groups in total. The van der Waals surface area contributed by atoms with Gasteiger partial charge in [-0.3, -0.25) is 4.79 Å². The van der Waals surface area contributed by atoms with Gasteiger partial charge in [-0.15, -0.1) is 11.8 Å². The van der Waals surface area contributed by atoms with Crippen molar-refractivity contribution < 1.29 is 4.79 Å². The lowest BCUT2D eigenvalue weighted by Gasteiger charge is -2.10. The van der Waals surface area contributed by atoms with Gasteiger partial charge >= 0.3 is 0 Å². The van der Waals surface area contributed by atoms with Crippen LogP contribution in [0.1, 0.15) is 17.0 Å². The molecule has 1 aliphatic rings. The molecule has 20 heavy (non-hydrogen) atoms. The molecular formula is C16H12Cl2OS. The van der Waals surface area contributed by atoms with E-state index in [9.17, 15) is 4.79 Å². The molecular weight excluding hydrogens is 311 g/mol. The highest BCUT2D eigenvalue weighted by Gasteiger charge is 2.28. The number of rotatable bonds is 3. The summed E-state index contributed by atoms with van der Waals surface area (Å²) in [5.41, 5.74) is 2.07. The average molecular weight is 323 g/mol. The van der Waals surface area contributed by atoms with Crippen molar-refractivity contribution in [2.75, 3.05) is 5.75 Å². The van der Waals surface area contributed by atoms with Crippen molar-refractivity contribution >= 4 is 40.7 Å². The number of ketones is 1. The van der Waals surface area contributed by atoms with Gasteiger partial charge in [0.2, 0.25) is 0 Å². The molecule has 0 saturated heterocycles. The standard InChI is InChI=1S/C16H12Cl2OS/c17-13-6-5-10(7-14(13)18)8-15(19)12-9-20-16-4-2-1-3-11(12)16/h1-7,12H,8-9H2. The quantitative estimate of drug-likeness (QED) is 0.791. The number of halogens is 2. The average Bonchev–Trinajstić information content (AvgIpc) is 2.87. The molecule has 4 heteroatoms. The minimum absolute atomic E-state index is 0.00865. The van der Waals surface area contributed by atoms with Crippen LogP contribution in [0.2, 0.25) is 10.0 Å². The van der Waals surface area contributed by atoms with Crippen molar-refractivity contribution in [1.29, 1.82) is 0 Å². The maximum Gasteiger partial charge on any atom is 0.145 e. The monoisotopic (exact) mass is 322 g/mol. The first-order chi connectivity index (χ1) is 9.65. The van der Waals surface area contributed by atoms with Crippen LogP contribution in [0.5, 0.6) is 0 Å². The summed E-state index contributed by atoms with van der Waals surface area (Å²) >= 11 is 13.6. The van der Waals surface area contributed by atoms with Crippen LogP contribution in [0.25, 0.3) is 0 Å². The topological polar surface area (TPSA) is 17.1 Å². The van der Waals surface area contributed by atoms with Gasteiger partial charge in [0, 0.05) is 17.1 Å². The van der Waals surface area contributed by atoms with E-state index in [4.69, 9.17) is 23.2 Å². The van der Waals surface area contributed by atoms with Crippen LogP contribution in [-0.4, -0.2) is 11.5 Å². The molecule has 0 aliphatic carbocycles. The molecule has 0 radical (unpaired) electrons. The summed E-state index contributed by atoms with van der Waals surface area (Å²) in [5.74, 6) is 1.06. The highest BCUT2D eigenvalue weighted by atomic mass is 35.5. The molecule has 0 bridgehead atoms. The largest absolute Gasteiger partial charge is 0.299 e. The van der Waals surface area contributed by atoms with Crippen molar-refractivity contribution in [3.8, 4) is 0 Å². The molecule has 1 unspecified atom stereocenters. The maximum atomic E-state index is 12.5. The molecule has 3 rings (SSSR count). The van der Waals surface area contributed by atoms with E-state index in [2.05, 4.69) is 6.07 Å². The van der Waals surface area contributed by atoms with Crippen LogP contribution in [-0.2, 0) is 11.2 Å². The first-order valence-electron chi connectivity index (χ1n) is 6.33. The van der Waals surface area contributed by atoms with E-state index in [1.54, 1.807) is 23.9 Å². The normalized spacial score (nSPS) is 17.0. The van der Waals surface area contributed by atoms with Gasteiger partial charge in [-0.2, -0.15) is 0 Å². The summed E-state index contributed by atoms with van der Waals surface area (Å²) < 4.78 is 0. The van der Waals surface area contributed by atoms with E-state index in [-0.39, 0.29) is 11.7 Å². The summed E-state index contributed by atoms with van der Waals surface area (Å²) in [6, 6.07) is 13.5. The summed E-state index contributed by atoms with van der Waals surface area (Å²) in [6.45, 7) is 0. The second-order valence-electron chi connectivity index (χ2n) is 4.79. The van der Waals surface area contributed by atoms with Crippen LogP contribution < -0.4 is 0 Å². The van der Waals surface area contributed by atoms with Gasteiger partial charge in [-0.05, 0) is 29.3 Å². The lowest BCUT2D eigenvalue weighted by molar-refractivity contribution is -0.119. The van der Waals surface area contributed by atoms with Crippen LogP contribution in [0, 0.1) is 0 Å². The second-order valence-corrected chi connectivity index (χ2v) is 6.67. The number of Topliss-reactive ketones (excluding diaryl/α,β-unsaturated/α-hetero) is 1. The summed E-state index contributed by atoms with van der Waals surface area (Å²) in [7, 11) is 0. The Kier molecular flexibility index (Phi) is 4.06. The minimum Gasteiger partial charge on any atom is -0.299 e. The summed E-state index contributed by atoms with van der Waals surface area (Å²) in [6.07, 6.45) is 0.399. The molecule has 0 saturated carbocycles. The summed E-state index contributed by atoms with van der Waals surface area (Å²) in [5, 5.41) is 1.02. The third kappa shape index (κ3) is 2.73. The zero-order valence-electron chi connectivity index (χ0n) is 10.6. The molecule has 2 aromatic carbocycles. The van der Waals surface area contributed by atoms with Crippen molar-refractivity contribution in [3.05, 3.63) is 63.6 Å². The first kappa shape index (κ1) is 14.0. The lowest BCUT2D eigenvalue weighted by Crippen LogP contribution is -2.14. The fourth-order valence-corrected chi connectivity index (χ4v) is 3.99. The number of carbonyl (C=O) groups is 1. The highest BCUT2D eigenvalue weighted by molar-refractivity contribution is 7.99. The van der Waals surface area contributed by atoms with Gasteiger partial charge in [-0.1, -0.05) is 47.5 Å². The smallest absolute Gasteiger partial charge is 0.145 e. The van der Waals surface area contributed by atoms with Gasteiger partial charge in [0.15, 0.2) is 0 Å². The predicted octanol–water partition coefficient (Wildman–Crippen LogP) is 4.99. The predicted molar refractivity (Wildman–Crippen MR) is 85.1 cm³/mol. The zero-order valence-corrected chi connectivity index (χ0v) is 12.9. The molecule has 1 nitrogen and oxygen atoms in total. The van der Waals surface area contributed by atoms with E-state index in [1.807, 2.05) is 24.3 Å². The summed E-state index contributed by atoms with van der Waals surface area (Å²) in [4.78, 5) is 13.7. The molecule has 0 spiro atoms. The van der Waals surface area contributed by atoms with Crippen LogP contribution >= 0.6 is 35.0 Å². The first-order valence-corrected chi connectivity index (χ1v) is 8.07. The number of benzene rings is 2. The Morgan fingerprint density at radius 3 is 2.75 bits per heavy atom. The number of hydrogen-bond donors (Lipinski definition) is 0. The Morgan fingerprint density at radius 2 is 1.95 bits per heavy atom. The van der Waals surface area contributed by atoms with Crippen molar-refractivity contribution in [3.63, 3.8) is 0 Å². The SMILES string of the molecule is O=C(Cc1ccc(Cl)c(Cl)c1)C1CSc2ccccc21. The third-order valence-electron chi connectivity index (χ3n) is 3.45. The third-order valence-corrected chi connectivity index (χ3v) is 5.37. The van der Waals surface area contributed by atoms with Crippen molar-refractivity contribution in [2.24, 2.45) is 0 Å². The van der Waals surface area contributed by atoms with Crippen molar-refractivity contribution in [1.82, 2.24) is 0 Å². The Morgan fingerprint density at radius 1 is 1.15 bits per heavy atom. The second kappa shape index (κ2) is 5.80. The van der Waals surface area contributed by atoms with E-state index in [0.717, 1.165) is 16.9 Å². The van der Waals surface area contributed by atoms with E-state index < -0.39 is 0 Å². The van der Waals surface area contributed by atoms with E-state index >= 15 is 0 Å². The number of hydrogen-bond acceptors (Lipinski definition) is 2. The Bertz CT molecular complexity index is 669.